The van der Waals surface area contributed by atoms with Crippen molar-refractivity contribution in [3.63, 3.8) is 0 Å². The maximum atomic E-state index is 4.74. The smallest absolute Gasteiger partial charge is 0.116 e. The molecular weight excluding hydrogens is 468 g/mol. The Hall–Kier alpha value is -4.03. The van der Waals surface area contributed by atoms with E-state index in [0.717, 1.165) is 52.2 Å². The van der Waals surface area contributed by atoms with E-state index in [2.05, 4.69) is 86.6 Å². The second kappa shape index (κ2) is 10.8. The Bertz CT molecular complexity index is 1570. The lowest BCUT2D eigenvalue weighted by Gasteiger charge is -2.26. The van der Waals surface area contributed by atoms with Gasteiger partial charge >= 0.3 is 0 Å². The number of allylic oxidation sites excluding steroid dienone is 8. The first-order valence-corrected chi connectivity index (χ1v) is 13.6. The fourth-order valence-electron chi connectivity index (χ4n) is 5.53. The van der Waals surface area contributed by atoms with Crippen molar-refractivity contribution < 1.29 is 0 Å². The van der Waals surface area contributed by atoms with Crippen LogP contribution in [0.2, 0.25) is 0 Å². The highest BCUT2D eigenvalue weighted by Crippen LogP contribution is 2.35. The number of fused-ring (bicyclic) bond motifs is 1. The van der Waals surface area contributed by atoms with E-state index in [4.69, 9.17) is 4.98 Å². The quantitative estimate of drug-likeness (QED) is 0.263. The lowest BCUT2D eigenvalue weighted by molar-refractivity contribution is 0.220. The number of hydrogen-bond acceptors (Lipinski definition) is 4. The molecule has 0 unspecified atom stereocenters. The Balaban J connectivity index is 1.34. The highest BCUT2D eigenvalue weighted by atomic mass is 15.1. The summed E-state index contributed by atoms with van der Waals surface area (Å²) in [5.41, 5.74) is 10.8. The van der Waals surface area contributed by atoms with Gasteiger partial charge in [-0.3, -0.25) is 20.0 Å². The van der Waals surface area contributed by atoms with Crippen molar-refractivity contribution in [1.29, 1.82) is 0 Å². The standard InChI is InChI=1S/C32H34N6/c1-3-4-12-26(24-10-6-7-11-24)27-16-30(35-22(27)2)32-28-17-29(34-20-31(28)36-37-32)25-15-23(18-33-19-25)21-38-13-8-5-9-14-38/h3-4,6,10-12,15-20,35H,5,7-9,13-14,21H2,1-2H3,(H,36,37)/b4-3-,26-12-. The first-order valence-electron chi connectivity index (χ1n) is 13.6. The number of aromatic amines is 2. The van der Waals surface area contributed by atoms with Crippen LogP contribution >= 0.6 is 0 Å². The van der Waals surface area contributed by atoms with Gasteiger partial charge in [-0.05, 0) is 81.1 Å². The molecule has 6 nitrogen and oxygen atoms in total. The van der Waals surface area contributed by atoms with Gasteiger partial charge in [-0.25, -0.2) is 0 Å². The van der Waals surface area contributed by atoms with Crippen LogP contribution < -0.4 is 0 Å². The van der Waals surface area contributed by atoms with E-state index in [-0.39, 0.29) is 0 Å². The molecule has 2 aliphatic rings. The van der Waals surface area contributed by atoms with Crippen LogP contribution in [0.5, 0.6) is 0 Å². The summed E-state index contributed by atoms with van der Waals surface area (Å²) in [4.78, 5) is 15.4. The summed E-state index contributed by atoms with van der Waals surface area (Å²) in [6.07, 6.45) is 23.7. The average Bonchev–Trinajstić information content (AvgIpc) is 3.70. The lowest BCUT2D eigenvalue weighted by Crippen LogP contribution is -2.29. The first-order chi connectivity index (χ1) is 18.7. The molecule has 38 heavy (non-hydrogen) atoms. The monoisotopic (exact) mass is 502 g/mol. The molecule has 0 aromatic carbocycles. The van der Waals surface area contributed by atoms with E-state index in [1.54, 1.807) is 0 Å². The van der Waals surface area contributed by atoms with Crippen molar-refractivity contribution in [2.75, 3.05) is 13.1 Å². The second-order valence-corrected chi connectivity index (χ2v) is 10.2. The molecule has 5 heterocycles. The highest BCUT2D eigenvalue weighted by Gasteiger charge is 2.18. The van der Waals surface area contributed by atoms with Gasteiger partial charge in [-0.1, -0.05) is 42.9 Å². The Kier molecular flexibility index (Phi) is 6.88. The van der Waals surface area contributed by atoms with Crippen molar-refractivity contribution in [3.8, 4) is 22.6 Å². The molecule has 4 aromatic heterocycles. The Morgan fingerprint density at radius 2 is 1.97 bits per heavy atom. The van der Waals surface area contributed by atoms with Crippen molar-refractivity contribution >= 4 is 16.5 Å². The average molecular weight is 503 g/mol. The van der Waals surface area contributed by atoms with E-state index in [9.17, 15) is 0 Å². The maximum Gasteiger partial charge on any atom is 0.116 e. The highest BCUT2D eigenvalue weighted by molar-refractivity contribution is 5.95. The maximum absolute atomic E-state index is 4.74. The number of aryl methyl sites for hydroxylation is 1. The number of piperidine rings is 1. The minimum absolute atomic E-state index is 0.900. The van der Waals surface area contributed by atoms with Crippen LogP contribution in [-0.2, 0) is 6.54 Å². The van der Waals surface area contributed by atoms with Crippen LogP contribution in [0.25, 0.3) is 39.1 Å². The second-order valence-electron chi connectivity index (χ2n) is 10.2. The molecule has 1 aliphatic carbocycles. The minimum Gasteiger partial charge on any atom is -0.357 e. The van der Waals surface area contributed by atoms with Crippen molar-refractivity contribution in [3.05, 3.63) is 95.6 Å². The van der Waals surface area contributed by atoms with Gasteiger partial charge in [0.1, 0.15) is 5.69 Å². The number of aromatic nitrogens is 5. The molecular formula is C32H34N6. The SMILES string of the molecule is C/C=C\C=C(\C1=CCC=C1)c1cc(-c2n[nH]c3cnc(-c4cncc(CN5CCCCC5)c4)cc23)[nH]c1C. The molecule has 0 amide bonds. The van der Waals surface area contributed by atoms with E-state index >= 15 is 0 Å². The van der Waals surface area contributed by atoms with Crippen molar-refractivity contribution in [2.24, 2.45) is 0 Å². The van der Waals surface area contributed by atoms with Gasteiger partial charge in [0.2, 0.25) is 0 Å². The van der Waals surface area contributed by atoms with Crippen LogP contribution in [0.15, 0.2) is 78.8 Å². The van der Waals surface area contributed by atoms with Crippen molar-refractivity contribution in [2.45, 2.75) is 46.1 Å². The van der Waals surface area contributed by atoms with Crippen molar-refractivity contribution in [1.82, 2.24) is 30.0 Å². The van der Waals surface area contributed by atoms with Crippen LogP contribution in [0.4, 0.5) is 0 Å². The number of likely N-dealkylation sites (tertiary alicyclic amines) is 1. The summed E-state index contributed by atoms with van der Waals surface area (Å²) < 4.78 is 0. The molecule has 0 radical (unpaired) electrons. The normalized spacial score (nSPS) is 16.7. The molecule has 1 saturated heterocycles. The number of nitrogens with zero attached hydrogens (tertiary/aromatic N) is 4. The molecule has 6 rings (SSSR count). The van der Waals surface area contributed by atoms with E-state index < -0.39 is 0 Å². The predicted molar refractivity (Wildman–Crippen MR) is 155 cm³/mol. The van der Waals surface area contributed by atoms with Crippen LogP contribution in [0, 0.1) is 6.92 Å². The molecule has 0 bridgehead atoms. The van der Waals surface area contributed by atoms with Gasteiger partial charge in [0.15, 0.2) is 0 Å². The number of hydrogen-bond donors (Lipinski definition) is 2. The number of rotatable bonds is 7. The van der Waals surface area contributed by atoms with Gasteiger partial charge in [0, 0.05) is 41.1 Å². The van der Waals surface area contributed by atoms with Crippen LogP contribution in [0.1, 0.15) is 49.4 Å². The van der Waals surface area contributed by atoms with E-state index in [1.807, 2.05) is 25.5 Å². The minimum atomic E-state index is 0.900. The third-order valence-electron chi connectivity index (χ3n) is 7.49. The largest absolute Gasteiger partial charge is 0.357 e. The number of H-pyrrole nitrogens is 2. The topological polar surface area (TPSA) is 73.5 Å². The molecule has 0 saturated carbocycles. The molecule has 1 fully saturated rings. The van der Waals surface area contributed by atoms with Gasteiger partial charge in [0.05, 0.1) is 23.1 Å². The zero-order chi connectivity index (χ0) is 25.9. The molecule has 192 valence electrons. The van der Waals surface area contributed by atoms with E-state index in [0.29, 0.717) is 0 Å². The summed E-state index contributed by atoms with van der Waals surface area (Å²) in [7, 11) is 0. The zero-order valence-corrected chi connectivity index (χ0v) is 22.2. The number of pyridine rings is 2. The summed E-state index contributed by atoms with van der Waals surface area (Å²) >= 11 is 0. The summed E-state index contributed by atoms with van der Waals surface area (Å²) in [5, 5.41) is 8.91. The molecule has 0 atom stereocenters. The van der Waals surface area contributed by atoms with E-state index in [1.165, 1.54) is 54.6 Å². The fraction of sp³-hybridized carbons (Fsp3) is 0.281. The predicted octanol–water partition coefficient (Wildman–Crippen LogP) is 7.16. The molecule has 4 aromatic rings. The molecule has 1 aliphatic heterocycles. The molecule has 6 heteroatoms. The molecule has 2 N–H and O–H groups in total. The van der Waals surface area contributed by atoms with Crippen LogP contribution in [0.3, 0.4) is 0 Å². The van der Waals surface area contributed by atoms with Gasteiger partial charge in [0.25, 0.3) is 0 Å². The van der Waals surface area contributed by atoms with Gasteiger partial charge in [-0.2, -0.15) is 5.10 Å². The fourth-order valence-corrected chi connectivity index (χ4v) is 5.53. The zero-order valence-electron chi connectivity index (χ0n) is 22.2. The third-order valence-corrected chi connectivity index (χ3v) is 7.49. The summed E-state index contributed by atoms with van der Waals surface area (Å²) in [6, 6.07) is 6.58. The van der Waals surface area contributed by atoms with Crippen LogP contribution in [-0.4, -0.2) is 43.1 Å². The summed E-state index contributed by atoms with van der Waals surface area (Å²) in [6.45, 7) is 7.46. The Morgan fingerprint density at radius 1 is 1.08 bits per heavy atom. The third kappa shape index (κ3) is 4.92. The molecule has 0 spiro atoms. The Labute approximate surface area is 223 Å². The first kappa shape index (κ1) is 24.3. The summed E-state index contributed by atoms with van der Waals surface area (Å²) in [5.74, 6) is 0. The van der Waals surface area contributed by atoms with Gasteiger partial charge in [-0.15, -0.1) is 0 Å². The number of nitrogens with one attached hydrogen (secondary N) is 2. The Morgan fingerprint density at radius 3 is 2.79 bits per heavy atom. The van der Waals surface area contributed by atoms with Gasteiger partial charge < -0.3 is 4.98 Å². The lowest BCUT2D eigenvalue weighted by atomic mass is 9.98.